The van der Waals surface area contributed by atoms with E-state index in [2.05, 4.69) is 0 Å². The highest BCUT2D eigenvalue weighted by Gasteiger charge is 2.29. The van der Waals surface area contributed by atoms with Crippen LogP contribution in [0.3, 0.4) is 0 Å². The van der Waals surface area contributed by atoms with Crippen LogP contribution in [-0.2, 0) is 9.53 Å². The van der Waals surface area contributed by atoms with Crippen molar-refractivity contribution >= 4 is 5.97 Å². The zero-order chi connectivity index (χ0) is 14.4. The molecular weight excluding hydrogens is 252 g/mol. The Hall–Kier alpha value is -2.13. The van der Waals surface area contributed by atoms with E-state index in [1.807, 2.05) is 60.7 Å². The number of carbonyl (C=O) groups excluding carboxylic acids is 1. The zero-order valence-electron chi connectivity index (χ0n) is 11.4. The number of carbonyl (C=O) groups is 1. The molecule has 104 valence electrons. The van der Waals surface area contributed by atoms with Crippen LogP contribution in [0.2, 0.25) is 0 Å². The van der Waals surface area contributed by atoms with Gasteiger partial charge in [0.15, 0.2) is 6.10 Å². The van der Waals surface area contributed by atoms with E-state index in [-0.39, 0.29) is 6.61 Å². The first-order valence-electron chi connectivity index (χ1n) is 6.68. The summed E-state index contributed by atoms with van der Waals surface area (Å²) < 4.78 is 4.94. The lowest BCUT2D eigenvalue weighted by atomic mass is 9.86. The van der Waals surface area contributed by atoms with Crippen LogP contribution < -0.4 is 0 Å². The third-order valence-electron chi connectivity index (χ3n) is 3.16. The van der Waals surface area contributed by atoms with E-state index in [1.54, 1.807) is 6.92 Å². The molecule has 0 bridgehead atoms. The van der Waals surface area contributed by atoms with Crippen LogP contribution in [0.15, 0.2) is 60.7 Å². The molecule has 2 rings (SSSR count). The molecule has 1 N–H and O–H groups in total. The number of benzene rings is 2. The van der Waals surface area contributed by atoms with Crippen molar-refractivity contribution in [2.45, 2.75) is 18.9 Å². The molecule has 0 unspecified atom stereocenters. The summed E-state index contributed by atoms with van der Waals surface area (Å²) in [5, 5.41) is 10.3. The first kappa shape index (κ1) is 14.3. The molecule has 1 atom stereocenters. The highest BCUT2D eigenvalue weighted by Crippen LogP contribution is 2.28. The number of ether oxygens (including phenoxy) is 1. The number of hydrogen-bond acceptors (Lipinski definition) is 3. The quantitative estimate of drug-likeness (QED) is 0.850. The van der Waals surface area contributed by atoms with Gasteiger partial charge in [0.2, 0.25) is 0 Å². The van der Waals surface area contributed by atoms with Crippen LogP contribution in [0.1, 0.15) is 24.0 Å². The van der Waals surface area contributed by atoms with E-state index in [0.717, 1.165) is 11.1 Å². The number of esters is 1. The van der Waals surface area contributed by atoms with E-state index in [1.165, 1.54) is 0 Å². The molecule has 0 fully saturated rings. The van der Waals surface area contributed by atoms with Crippen molar-refractivity contribution in [1.29, 1.82) is 0 Å². The van der Waals surface area contributed by atoms with Gasteiger partial charge in [0.1, 0.15) is 0 Å². The monoisotopic (exact) mass is 270 g/mol. The number of aliphatic hydroxyl groups excluding tert-OH is 1. The van der Waals surface area contributed by atoms with Crippen molar-refractivity contribution in [2.75, 3.05) is 6.61 Å². The molecule has 0 radical (unpaired) electrons. The fraction of sp³-hybridized carbons (Fsp3) is 0.235. The highest BCUT2D eigenvalue weighted by atomic mass is 16.5. The molecule has 2 aromatic carbocycles. The molecule has 0 saturated heterocycles. The van der Waals surface area contributed by atoms with E-state index in [4.69, 9.17) is 4.74 Å². The van der Waals surface area contributed by atoms with Gasteiger partial charge < -0.3 is 9.84 Å². The number of aliphatic hydroxyl groups is 1. The molecular formula is C17H18O3. The predicted octanol–water partition coefficient (Wildman–Crippen LogP) is 2.74. The molecule has 0 heterocycles. The summed E-state index contributed by atoms with van der Waals surface area (Å²) in [6, 6.07) is 19.0. The van der Waals surface area contributed by atoms with Crippen molar-refractivity contribution in [3.05, 3.63) is 71.8 Å². The number of rotatable bonds is 5. The second-order valence-electron chi connectivity index (χ2n) is 4.50. The summed E-state index contributed by atoms with van der Waals surface area (Å²) in [6.07, 6.45) is -1.21. The van der Waals surface area contributed by atoms with Gasteiger partial charge in [-0.15, -0.1) is 0 Å². The third kappa shape index (κ3) is 3.25. The van der Waals surface area contributed by atoms with Gasteiger partial charge in [0, 0.05) is 5.92 Å². The van der Waals surface area contributed by atoms with E-state index in [9.17, 15) is 9.90 Å². The minimum absolute atomic E-state index is 0.256. The van der Waals surface area contributed by atoms with E-state index < -0.39 is 18.0 Å². The predicted molar refractivity (Wildman–Crippen MR) is 77.4 cm³/mol. The molecule has 0 spiro atoms. The molecule has 0 aromatic heterocycles. The standard InChI is InChI=1S/C17H18O3/c1-2-20-17(19)16(18)15(13-9-5-3-6-10-13)14-11-7-4-8-12-14/h3-12,15-16,18H,2H2,1H3/t16-/m1/s1. The van der Waals surface area contributed by atoms with Crippen molar-refractivity contribution in [3.8, 4) is 0 Å². The smallest absolute Gasteiger partial charge is 0.335 e. The van der Waals surface area contributed by atoms with Crippen molar-refractivity contribution < 1.29 is 14.6 Å². The summed E-state index contributed by atoms with van der Waals surface area (Å²) in [5.74, 6) is -1.01. The zero-order valence-corrected chi connectivity index (χ0v) is 11.4. The average molecular weight is 270 g/mol. The average Bonchev–Trinajstić information content (AvgIpc) is 2.50. The van der Waals surface area contributed by atoms with Gasteiger partial charge in [-0.3, -0.25) is 0 Å². The Labute approximate surface area is 118 Å². The first-order chi connectivity index (χ1) is 9.74. The fourth-order valence-corrected chi connectivity index (χ4v) is 2.24. The molecule has 3 heteroatoms. The molecule has 3 nitrogen and oxygen atoms in total. The van der Waals surface area contributed by atoms with Crippen LogP contribution in [0.25, 0.3) is 0 Å². The minimum atomic E-state index is -1.21. The van der Waals surface area contributed by atoms with Gasteiger partial charge in [-0.25, -0.2) is 4.79 Å². The van der Waals surface area contributed by atoms with Crippen LogP contribution in [0.5, 0.6) is 0 Å². The lowest BCUT2D eigenvalue weighted by Gasteiger charge is -2.22. The largest absolute Gasteiger partial charge is 0.464 e. The molecule has 0 saturated carbocycles. The molecule has 0 aliphatic heterocycles. The van der Waals surface area contributed by atoms with Gasteiger partial charge >= 0.3 is 5.97 Å². The molecule has 0 aliphatic carbocycles. The first-order valence-corrected chi connectivity index (χ1v) is 6.68. The molecule has 0 amide bonds. The normalized spacial score (nSPS) is 12.2. The summed E-state index contributed by atoms with van der Waals surface area (Å²) in [7, 11) is 0. The summed E-state index contributed by atoms with van der Waals surface area (Å²) in [6.45, 7) is 1.98. The lowest BCUT2D eigenvalue weighted by molar-refractivity contribution is -0.153. The Morgan fingerprint density at radius 3 is 1.85 bits per heavy atom. The van der Waals surface area contributed by atoms with Gasteiger partial charge in [-0.05, 0) is 18.1 Å². The van der Waals surface area contributed by atoms with E-state index >= 15 is 0 Å². The second kappa shape index (κ2) is 6.87. The summed E-state index contributed by atoms with van der Waals surface area (Å²) in [5.41, 5.74) is 1.78. The Kier molecular flexibility index (Phi) is 4.91. The molecule has 20 heavy (non-hydrogen) atoms. The Bertz CT molecular complexity index is 497. The van der Waals surface area contributed by atoms with Gasteiger partial charge in [0.05, 0.1) is 6.61 Å². The van der Waals surface area contributed by atoms with Gasteiger partial charge in [-0.1, -0.05) is 60.7 Å². The van der Waals surface area contributed by atoms with Crippen LogP contribution in [0.4, 0.5) is 0 Å². The number of hydrogen-bond donors (Lipinski definition) is 1. The van der Waals surface area contributed by atoms with Crippen LogP contribution >= 0.6 is 0 Å². The third-order valence-corrected chi connectivity index (χ3v) is 3.16. The molecule has 0 aliphatic rings. The van der Waals surface area contributed by atoms with Crippen molar-refractivity contribution in [1.82, 2.24) is 0 Å². The lowest BCUT2D eigenvalue weighted by Crippen LogP contribution is -2.30. The maximum absolute atomic E-state index is 11.9. The molecule has 2 aromatic rings. The van der Waals surface area contributed by atoms with E-state index in [0.29, 0.717) is 0 Å². The summed E-state index contributed by atoms with van der Waals surface area (Å²) >= 11 is 0. The topological polar surface area (TPSA) is 46.5 Å². The minimum Gasteiger partial charge on any atom is -0.464 e. The maximum atomic E-state index is 11.9. The van der Waals surface area contributed by atoms with Gasteiger partial charge in [-0.2, -0.15) is 0 Å². The highest BCUT2D eigenvalue weighted by molar-refractivity contribution is 5.76. The van der Waals surface area contributed by atoms with Crippen LogP contribution in [-0.4, -0.2) is 23.8 Å². The second-order valence-corrected chi connectivity index (χ2v) is 4.50. The maximum Gasteiger partial charge on any atom is 0.335 e. The van der Waals surface area contributed by atoms with Gasteiger partial charge in [0.25, 0.3) is 0 Å². The fourth-order valence-electron chi connectivity index (χ4n) is 2.24. The van der Waals surface area contributed by atoms with Crippen LogP contribution in [0, 0.1) is 0 Å². The Balaban J connectivity index is 2.37. The Morgan fingerprint density at radius 1 is 1.00 bits per heavy atom. The SMILES string of the molecule is CCOC(=O)[C@H](O)C(c1ccccc1)c1ccccc1. The summed E-state index contributed by atoms with van der Waals surface area (Å²) in [4.78, 5) is 11.9. The van der Waals surface area contributed by atoms with Crippen molar-refractivity contribution in [3.63, 3.8) is 0 Å². The van der Waals surface area contributed by atoms with Crippen molar-refractivity contribution in [2.24, 2.45) is 0 Å². The Morgan fingerprint density at radius 2 is 1.45 bits per heavy atom.